The van der Waals surface area contributed by atoms with Gasteiger partial charge in [0.25, 0.3) is 5.69 Å². The first kappa shape index (κ1) is 14.7. The molecule has 0 aromatic heterocycles. The molecule has 2 aromatic rings. The van der Waals surface area contributed by atoms with E-state index >= 15 is 0 Å². The van der Waals surface area contributed by atoms with E-state index < -0.39 is 4.92 Å². The number of hydrogen-bond donors (Lipinski definition) is 1. The number of nitro groups is 1. The molecule has 104 valence electrons. The second-order valence-electron chi connectivity index (χ2n) is 4.23. The molecule has 20 heavy (non-hydrogen) atoms. The highest BCUT2D eigenvalue weighted by Gasteiger charge is 2.11. The highest BCUT2D eigenvalue weighted by molar-refractivity contribution is 14.1. The zero-order valence-electron chi connectivity index (χ0n) is 10.5. The average molecular weight is 386 g/mol. The summed E-state index contributed by atoms with van der Waals surface area (Å²) in [4.78, 5) is 10.3. The van der Waals surface area contributed by atoms with Gasteiger partial charge in [-0.1, -0.05) is 12.1 Å². The van der Waals surface area contributed by atoms with Crippen molar-refractivity contribution in [2.24, 2.45) is 0 Å². The molecule has 0 bridgehead atoms. The fourth-order valence-corrected chi connectivity index (χ4v) is 2.52. The van der Waals surface area contributed by atoms with Gasteiger partial charge in [-0.3, -0.25) is 10.1 Å². The largest absolute Gasteiger partial charge is 0.385 e. The van der Waals surface area contributed by atoms with Crippen LogP contribution in [0.1, 0.15) is 5.56 Å². The lowest BCUT2D eigenvalue weighted by Crippen LogP contribution is -2.05. The maximum atomic E-state index is 13.0. The van der Waals surface area contributed by atoms with Crippen LogP contribution in [0, 0.1) is 19.5 Å². The zero-order chi connectivity index (χ0) is 14.5. The molecule has 0 saturated heterocycles. The smallest absolute Gasteiger partial charge is 0.282 e. The third-order valence-corrected chi connectivity index (χ3v) is 3.64. The number of hydrogen-bond acceptors (Lipinski definition) is 3. The van der Waals surface area contributed by atoms with Crippen molar-refractivity contribution in [1.82, 2.24) is 0 Å². The Kier molecular flexibility index (Phi) is 4.89. The zero-order valence-corrected chi connectivity index (χ0v) is 12.6. The van der Waals surface area contributed by atoms with Crippen LogP contribution < -0.4 is 5.32 Å². The summed E-state index contributed by atoms with van der Waals surface area (Å²) in [7, 11) is 0. The number of anilines is 1. The van der Waals surface area contributed by atoms with Crippen molar-refractivity contribution in [3.8, 4) is 0 Å². The molecule has 4 nitrogen and oxygen atoms in total. The maximum absolute atomic E-state index is 13.0. The van der Waals surface area contributed by atoms with Gasteiger partial charge in [0.2, 0.25) is 0 Å². The monoisotopic (exact) mass is 386 g/mol. The highest BCUT2D eigenvalue weighted by Crippen LogP contribution is 2.24. The SMILES string of the molecule is O=[N+]([O-])c1ccc(NCCc2cccc(F)c2)cc1I. The van der Waals surface area contributed by atoms with Gasteiger partial charge < -0.3 is 5.32 Å². The van der Waals surface area contributed by atoms with Crippen molar-refractivity contribution in [3.05, 3.63) is 67.5 Å². The summed E-state index contributed by atoms with van der Waals surface area (Å²) in [5.74, 6) is -0.243. The fourth-order valence-electron chi connectivity index (χ4n) is 1.81. The highest BCUT2D eigenvalue weighted by atomic mass is 127. The van der Waals surface area contributed by atoms with Crippen LogP contribution >= 0.6 is 22.6 Å². The van der Waals surface area contributed by atoms with E-state index in [1.165, 1.54) is 18.2 Å². The topological polar surface area (TPSA) is 55.2 Å². The van der Waals surface area contributed by atoms with E-state index in [4.69, 9.17) is 0 Å². The van der Waals surface area contributed by atoms with Gasteiger partial charge in [-0.15, -0.1) is 0 Å². The van der Waals surface area contributed by atoms with E-state index in [-0.39, 0.29) is 11.5 Å². The quantitative estimate of drug-likeness (QED) is 0.480. The van der Waals surface area contributed by atoms with E-state index in [0.717, 1.165) is 11.3 Å². The number of halogens is 2. The second-order valence-corrected chi connectivity index (χ2v) is 5.39. The molecule has 0 aliphatic rings. The predicted molar refractivity (Wildman–Crippen MR) is 84.4 cm³/mol. The molecule has 2 aromatic carbocycles. The molecule has 0 aliphatic carbocycles. The van der Waals surface area contributed by atoms with Crippen LogP contribution in [-0.4, -0.2) is 11.5 Å². The molecular weight excluding hydrogens is 374 g/mol. The summed E-state index contributed by atoms with van der Waals surface area (Å²) in [6.07, 6.45) is 0.686. The number of nitrogens with one attached hydrogen (secondary N) is 1. The third kappa shape index (κ3) is 3.89. The summed E-state index contributed by atoms with van der Waals surface area (Å²) in [6.45, 7) is 0.636. The van der Waals surface area contributed by atoms with Crippen LogP contribution in [-0.2, 0) is 6.42 Å². The van der Waals surface area contributed by atoms with Crippen molar-refractivity contribution < 1.29 is 9.31 Å². The summed E-state index contributed by atoms with van der Waals surface area (Å²) < 4.78 is 13.6. The Morgan fingerprint density at radius 2 is 2.05 bits per heavy atom. The van der Waals surface area contributed by atoms with Crippen molar-refractivity contribution in [1.29, 1.82) is 0 Å². The van der Waals surface area contributed by atoms with Crippen LogP contribution in [0.3, 0.4) is 0 Å². The normalized spacial score (nSPS) is 10.3. The summed E-state index contributed by atoms with van der Waals surface area (Å²) >= 11 is 1.94. The average Bonchev–Trinajstić information content (AvgIpc) is 2.38. The number of rotatable bonds is 5. The van der Waals surface area contributed by atoms with Gasteiger partial charge in [0.15, 0.2) is 0 Å². The molecule has 0 saturated carbocycles. The minimum absolute atomic E-state index is 0.0984. The fraction of sp³-hybridized carbons (Fsp3) is 0.143. The Hall–Kier alpha value is -1.70. The third-order valence-electron chi connectivity index (χ3n) is 2.78. The Balaban J connectivity index is 1.94. The molecule has 0 atom stereocenters. The Labute approximate surface area is 129 Å². The lowest BCUT2D eigenvalue weighted by atomic mass is 10.1. The number of nitrogens with zero attached hydrogens (tertiary/aromatic N) is 1. The van der Waals surface area contributed by atoms with Gasteiger partial charge in [-0.2, -0.15) is 0 Å². The van der Waals surface area contributed by atoms with Crippen LogP contribution in [0.5, 0.6) is 0 Å². The summed E-state index contributed by atoms with van der Waals surface area (Å²) in [6, 6.07) is 11.3. The molecule has 0 spiro atoms. The van der Waals surface area contributed by atoms with E-state index in [1.807, 2.05) is 28.7 Å². The standard InChI is InChI=1S/C14H12FIN2O2/c15-11-3-1-2-10(8-11)6-7-17-12-4-5-14(18(19)20)13(16)9-12/h1-5,8-9,17H,6-7H2. The molecule has 0 fully saturated rings. The van der Waals surface area contributed by atoms with E-state index in [0.29, 0.717) is 16.5 Å². The Morgan fingerprint density at radius 1 is 1.25 bits per heavy atom. The molecule has 0 amide bonds. The van der Waals surface area contributed by atoms with E-state index in [9.17, 15) is 14.5 Å². The minimum atomic E-state index is -0.404. The van der Waals surface area contributed by atoms with Gasteiger partial charge in [-0.05, 0) is 58.8 Å². The molecular formula is C14H12FIN2O2. The maximum Gasteiger partial charge on any atom is 0.282 e. The summed E-state index contributed by atoms with van der Waals surface area (Å²) in [5.41, 5.74) is 1.83. The summed E-state index contributed by atoms with van der Waals surface area (Å²) in [5, 5.41) is 13.9. The van der Waals surface area contributed by atoms with Crippen LogP contribution in [0.15, 0.2) is 42.5 Å². The minimum Gasteiger partial charge on any atom is -0.385 e. The van der Waals surface area contributed by atoms with Gasteiger partial charge in [-0.25, -0.2) is 4.39 Å². The Morgan fingerprint density at radius 3 is 2.70 bits per heavy atom. The van der Waals surface area contributed by atoms with Gasteiger partial charge in [0.1, 0.15) is 5.82 Å². The van der Waals surface area contributed by atoms with Gasteiger partial charge >= 0.3 is 0 Å². The number of nitro benzene ring substituents is 1. The van der Waals surface area contributed by atoms with Gasteiger partial charge in [0, 0.05) is 18.3 Å². The van der Waals surface area contributed by atoms with Crippen molar-refractivity contribution in [2.75, 3.05) is 11.9 Å². The first-order valence-corrected chi connectivity index (χ1v) is 7.06. The first-order valence-electron chi connectivity index (χ1n) is 5.98. The predicted octanol–water partition coefficient (Wildman–Crippen LogP) is 3.99. The first-order chi connectivity index (χ1) is 9.56. The van der Waals surface area contributed by atoms with Crippen molar-refractivity contribution in [3.63, 3.8) is 0 Å². The molecule has 0 heterocycles. The molecule has 2 rings (SSSR count). The van der Waals surface area contributed by atoms with Crippen LogP contribution in [0.25, 0.3) is 0 Å². The van der Waals surface area contributed by atoms with Crippen LogP contribution in [0.2, 0.25) is 0 Å². The van der Waals surface area contributed by atoms with E-state index in [1.54, 1.807) is 18.2 Å². The van der Waals surface area contributed by atoms with Crippen molar-refractivity contribution in [2.45, 2.75) is 6.42 Å². The van der Waals surface area contributed by atoms with Gasteiger partial charge in [0.05, 0.1) is 8.49 Å². The lowest BCUT2D eigenvalue weighted by molar-refractivity contribution is -0.385. The second kappa shape index (κ2) is 6.65. The molecule has 6 heteroatoms. The van der Waals surface area contributed by atoms with Crippen molar-refractivity contribution >= 4 is 34.0 Å². The molecule has 0 radical (unpaired) electrons. The number of benzene rings is 2. The lowest BCUT2D eigenvalue weighted by Gasteiger charge is -2.07. The molecule has 0 unspecified atom stereocenters. The van der Waals surface area contributed by atoms with Crippen LogP contribution in [0.4, 0.5) is 15.8 Å². The molecule has 1 N–H and O–H groups in total. The van der Waals surface area contributed by atoms with E-state index in [2.05, 4.69) is 5.32 Å². The molecule has 0 aliphatic heterocycles. The Bertz CT molecular complexity index is 634.